The number of aryl methyl sites for hydroxylation is 1. The number of nitrogens with one attached hydrogen (secondary N) is 1. The van der Waals surface area contributed by atoms with Crippen molar-refractivity contribution in [1.82, 2.24) is 19.6 Å². The van der Waals surface area contributed by atoms with Gasteiger partial charge in [0.2, 0.25) is 5.13 Å². The first-order chi connectivity index (χ1) is 12.8. The molecular weight excluding hydrogens is 384 g/mol. The second kappa shape index (κ2) is 8.30. The van der Waals surface area contributed by atoms with Crippen molar-refractivity contribution < 1.29 is 8.42 Å². The first kappa shape index (κ1) is 20.3. The molecule has 2 aliphatic rings. The molecular formula is C17H30N6O2S2. The lowest BCUT2D eigenvalue weighted by molar-refractivity contribution is 0.371. The Kier molecular flexibility index (Phi) is 6.25. The first-order valence-corrected chi connectivity index (χ1v) is 12.5. The zero-order chi connectivity index (χ0) is 19.5. The minimum atomic E-state index is -2.96. The monoisotopic (exact) mass is 414 g/mol. The number of sulfone groups is 1. The Morgan fingerprint density at radius 1 is 1.26 bits per heavy atom. The Balaban J connectivity index is 1.59. The summed E-state index contributed by atoms with van der Waals surface area (Å²) in [7, 11) is -2.96. The van der Waals surface area contributed by atoms with Gasteiger partial charge in [0.25, 0.3) is 0 Å². The van der Waals surface area contributed by atoms with Gasteiger partial charge in [0.1, 0.15) is 15.7 Å². The molecule has 0 bridgehead atoms. The number of rotatable bonds is 7. The topological polar surface area (TPSA) is 90.8 Å². The third kappa shape index (κ3) is 5.54. The van der Waals surface area contributed by atoms with E-state index in [4.69, 9.17) is 4.99 Å². The number of hydrogen-bond acceptors (Lipinski definition) is 7. The highest BCUT2D eigenvalue weighted by Gasteiger charge is 2.45. The molecule has 0 amide bonds. The molecule has 152 valence electrons. The molecule has 1 saturated carbocycles. The van der Waals surface area contributed by atoms with Crippen LogP contribution in [0.25, 0.3) is 0 Å². The maximum atomic E-state index is 11.7. The molecule has 3 rings (SSSR count). The number of guanidine groups is 1. The highest BCUT2D eigenvalue weighted by molar-refractivity contribution is 7.90. The van der Waals surface area contributed by atoms with Gasteiger partial charge in [-0.05, 0) is 19.8 Å². The molecule has 1 aliphatic carbocycles. The molecule has 0 aromatic carbocycles. The van der Waals surface area contributed by atoms with Gasteiger partial charge in [-0.15, -0.1) is 0 Å². The lowest BCUT2D eigenvalue weighted by atomic mass is 10.1. The van der Waals surface area contributed by atoms with Crippen LogP contribution in [0.5, 0.6) is 0 Å². The van der Waals surface area contributed by atoms with Gasteiger partial charge in [-0.25, -0.2) is 13.4 Å². The second-order valence-corrected chi connectivity index (χ2v) is 10.4. The van der Waals surface area contributed by atoms with Crippen molar-refractivity contribution in [2.45, 2.75) is 33.1 Å². The molecule has 2 fully saturated rings. The fraction of sp³-hybridized carbons (Fsp3) is 0.824. The number of aliphatic imine (C=N–C) groups is 1. The third-order valence-electron chi connectivity index (χ3n) is 5.05. The van der Waals surface area contributed by atoms with Crippen molar-refractivity contribution >= 4 is 32.5 Å². The number of hydrogen-bond donors (Lipinski definition) is 1. The van der Waals surface area contributed by atoms with Crippen LogP contribution in [0.2, 0.25) is 0 Å². The molecule has 8 nitrogen and oxygen atoms in total. The van der Waals surface area contributed by atoms with E-state index in [2.05, 4.69) is 38.3 Å². The number of piperazine rings is 1. The smallest absolute Gasteiger partial charge is 0.205 e. The second-order valence-electron chi connectivity index (χ2n) is 7.56. The number of anilines is 1. The van der Waals surface area contributed by atoms with Crippen LogP contribution in [0, 0.1) is 5.41 Å². The van der Waals surface area contributed by atoms with Gasteiger partial charge in [0.05, 0.1) is 5.75 Å². The summed E-state index contributed by atoms with van der Waals surface area (Å²) < 4.78 is 27.7. The minimum Gasteiger partial charge on any atom is -0.357 e. The summed E-state index contributed by atoms with van der Waals surface area (Å²) in [6.45, 7) is 9.02. The maximum absolute atomic E-state index is 11.7. The van der Waals surface area contributed by atoms with E-state index in [-0.39, 0.29) is 11.2 Å². The highest BCUT2D eigenvalue weighted by Crippen LogP contribution is 2.46. The quantitative estimate of drug-likeness (QED) is 0.526. The fourth-order valence-electron chi connectivity index (χ4n) is 3.38. The van der Waals surface area contributed by atoms with Crippen LogP contribution in [0.15, 0.2) is 4.99 Å². The average Bonchev–Trinajstić information content (AvgIpc) is 3.20. The van der Waals surface area contributed by atoms with Crippen LogP contribution >= 0.6 is 11.5 Å². The van der Waals surface area contributed by atoms with E-state index in [9.17, 15) is 8.42 Å². The van der Waals surface area contributed by atoms with Crippen molar-refractivity contribution in [3.63, 3.8) is 0 Å². The molecule has 1 aliphatic heterocycles. The van der Waals surface area contributed by atoms with E-state index >= 15 is 0 Å². The van der Waals surface area contributed by atoms with Crippen LogP contribution < -0.4 is 10.2 Å². The van der Waals surface area contributed by atoms with Crippen LogP contribution in [0.4, 0.5) is 5.13 Å². The van der Waals surface area contributed by atoms with Gasteiger partial charge in [-0.2, -0.15) is 4.37 Å². The number of aromatic nitrogens is 2. The SMILES string of the molecule is CCNC(=NCC1(CS(C)(=O)=O)CC1)N1CCN(c2nc(CC)ns2)CC1. The summed E-state index contributed by atoms with van der Waals surface area (Å²) in [6.07, 6.45) is 4.09. The Bertz CT molecular complexity index is 764. The van der Waals surface area contributed by atoms with Gasteiger partial charge in [0, 0.05) is 68.9 Å². The minimum absolute atomic E-state index is 0.140. The average molecular weight is 415 g/mol. The van der Waals surface area contributed by atoms with Crippen molar-refractivity contribution in [3.05, 3.63) is 5.82 Å². The van der Waals surface area contributed by atoms with Crippen LogP contribution in [0.1, 0.15) is 32.5 Å². The molecule has 1 saturated heterocycles. The van der Waals surface area contributed by atoms with E-state index in [1.54, 1.807) is 0 Å². The highest BCUT2D eigenvalue weighted by atomic mass is 32.2. The van der Waals surface area contributed by atoms with E-state index in [1.165, 1.54) is 17.8 Å². The van der Waals surface area contributed by atoms with Gasteiger partial charge in [-0.3, -0.25) is 4.99 Å². The molecule has 1 aromatic rings. The Labute approximate surface area is 166 Å². The lowest BCUT2D eigenvalue weighted by Crippen LogP contribution is -2.52. The number of nitrogens with zero attached hydrogens (tertiary/aromatic N) is 5. The zero-order valence-electron chi connectivity index (χ0n) is 16.4. The summed E-state index contributed by atoms with van der Waals surface area (Å²) in [5, 5.41) is 4.36. The van der Waals surface area contributed by atoms with Crippen LogP contribution in [0.3, 0.4) is 0 Å². The molecule has 2 heterocycles. The molecule has 0 radical (unpaired) electrons. The lowest BCUT2D eigenvalue weighted by Gasteiger charge is -2.36. The summed E-state index contributed by atoms with van der Waals surface area (Å²) in [5.74, 6) is 2.05. The Morgan fingerprint density at radius 3 is 2.48 bits per heavy atom. The largest absolute Gasteiger partial charge is 0.357 e. The van der Waals surface area contributed by atoms with E-state index in [0.29, 0.717) is 6.54 Å². The van der Waals surface area contributed by atoms with Gasteiger partial charge < -0.3 is 15.1 Å². The van der Waals surface area contributed by atoms with Crippen molar-refractivity contribution in [3.8, 4) is 0 Å². The van der Waals surface area contributed by atoms with Crippen LogP contribution in [-0.2, 0) is 16.3 Å². The van der Waals surface area contributed by atoms with E-state index < -0.39 is 9.84 Å². The van der Waals surface area contributed by atoms with Gasteiger partial charge in [-0.1, -0.05) is 6.92 Å². The molecule has 0 spiro atoms. The van der Waals surface area contributed by atoms with Crippen LogP contribution in [-0.4, -0.2) is 79.9 Å². The molecule has 1 N–H and O–H groups in total. The van der Waals surface area contributed by atoms with E-state index in [1.807, 2.05) is 0 Å². The standard InChI is InChI=1S/C17H30N6O2S2/c1-4-14-20-16(26-21-14)23-10-8-22(9-11-23)15(18-5-2)19-12-17(6-7-17)13-27(3,24)25/h4-13H2,1-3H3,(H,18,19). The first-order valence-electron chi connectivity index (χ1n) is 9.63. The summed E-state index contributed by atoms with van der Waals surface area (Å²) in [5.41, 5.74) is -0.140. The summed E-state index contributed by atoms with van der Waals surface area (Å²) >= 11 is 1.47. The van der Waals surface area contributed by atoms with Crippen molar-refractivity contribution in [2.75, 3.05) is 56.2 Å². The predicted octanol–water partition coefficient (Wildman–Crippen LogP) is 1.01. The Morgan fingerprint density at radius 2 is 1.96 bits per heavy atom. The maximum Gasteiger partial charge on any atom is 0.205 e. The normalized spacial score (nSPS) is 20.0. The predicted molar refractivity (Wildman–Crippen MR) is 110 cm³/mol. The molecule has 27 heavy (non-hydrogen) atoms. The van der Waals surface area contributed by atoms with Crippen molar-refractivity contribution in [1.29, 1.82) is 0 Å². The summed E-state index contributed by atoms with van der Waals surface area (Å²) in [4.78, 5) is 13.9. The molecule has 0 unspecified atom stereocenters. The summed E-state index contributed by atoms with van der Waals surface area (Å²) in [6, 6.07) is 0. The molecule has 0 atom stereocenters. The molecule has 10 heteroatoms. The van der Waals surface area contributed by atoms with E-state index in [0.717, 1.165) is 68.9 Å². The Hall–Kier alpha value is -1.42. The van der Waals surface area contributed by atoms with Gasteiger partial charge in [0.15, 0.2) is 5.96 Å². The zero-order valence-corrected chi connectivity index (χ0v) is 18.1. The fourth-order valence-corrected chi connectivity index (χ4v) is 5.67. The van der Waals surface area contributed by atoms with Gasteiger partial charge >= 0.3 is 0 Å². The third-order valence-corrected chi connectivity index (χ3v) is 7.00. The van der Waals surface area contributed by atoms with Crippen molar-refractivity contribution in [2.24, 2.45) is 10.4 Å². The molecule has 1 aromatic heterocycles.